The maximum Gasteiger partial charge on any atom is 0.328 e. The monoisotopic (exact) mass is 379 g/mol. The average molecular weight is 379 g/mol. The Morgan fingerprint density at radius 1 is 1.11 bits per heavy atom. The number of methoxy groups -OCH3 is 2. The van der Waals surface area contributed by atoms with Crippen LogP contribution >= 0.6 is 0 Å². The average Bonchev–Trinajstić information content (AvgIpc) is 3.07. The van der Waals surface area contributed by atoms with Crippen LogP contribution < -0.4 is 4.74 Å². The molecule has 0 spiro atoms. The van der Waals surface area contributed by atoms with E-state index in [1.54, 1.807) is 19.2 Å². The Hall–Kier alpha value is -3.28. The molecule has 4 rings (SSSR count). The van der Waals surface area contributed by atoms with E-state index in [4.69, 9.17) is 13.9 Å². The van der Waals surface area contributed by atoms with Crippen molar-refractivity contribution in [3.05, 3.63) is 64.9 Å². The molecule has 1 unspecified atom stereocenters. The SMILES string of the molecule is COC(=O)C1Cc2ccccc2CN1C(=O)c1oc2ccc(OC)cc2c1C. The lowest BCUT2D eigenvalue weighted by molar-refractivity contribution is -0.146. The molecule has 0 aliphatic carbocycles. The number of nitrogens with zero attached hydrogens (tertiary/aromatic N) is 1. The third-order valence-electron chi connectivity index (χ3n) is 5.32. The standard InChI is InChI=1S/C22H21NO5/c1-13-17-11-16(26-2)8-9-19(17)28-20(13)21(24)23-12-15-7-5-4-6-14(15)10-18(23)22(25)27-3/h4-9,11,18H,10,12H2,1-3H3. The molecule has 2 heterocycles. The second-order valence-electron chi connectivity index (χ2n) is 6.86. The third kappa shape index (κ3) is 2.91. The zero-order valence-corrected chi connectivity index (χ0v) is 16.0. The number of esters is 1. The largest absolute Gasteiger partial charge is 0.497 e. The van der Waals surface area contributed by atoms with E-state index in [9.17, 15) is 9.59 Å². The van der Waals surface area contributed by atoms with E-state index in [0.29, 0.717) is 24.3 Å². The molecule has 0 fully saturated rings. The number of benzene rings is 2. The lowest BCUT2D eigenvalue weighted by atomic mass is 9.93. The predicted molar refractivity (Wildman–Crippen MR) is 103 cm³/mol. The first-order valence-electron chi connectivity index (χ1n) is 9.06. The van der Waals surface area contributed by atoms with Crippen molar-refractivity contribution in [2.45, 2.75) is 25.9 Å². The van der Waals surface area contributed by atoms with Gasteiger partial charge < -0.3 is 18.8 Å². The minimum absolute atomic E-state index is 0.233. The molecule has 2 aromatic carbocycles. The number of carbonyl (C=O) groups excluding carboxylic acids is 2. The van der Waals surface area contributed by atoms with E-state index in [0.717, 1.165) is 22.1 Å². The number of hydrogen-bond donors (Lipinski definition) is 0. The molecule has 1 atom stereocenters. The minimum Gasteiger partial charge on any atom is -0.497 e. The molecule has 0 radical (unpaired) electrons. The summed E-state index contributed by atoms with van der Waals surface area (Å²) in [6.07, 6.45) is 0.418. The fourth-order valence-corrected chi connectivity index (χ4v) is 3.74. The number of rotatable bonds is 3. The van der Waals surface area contributed by atoms with Crippen LogP contribution in [-0.2, 0) is 22.5 Å². The number of furan rings is 1. The van der Waals surface area contributed by atoms with Crippen molar-refractivity contribution in [2.24, 2.45) is 0 Å². The van der Waals surface area contributed by atoms with Crippen molar-refractivity contribution in [1.29, 1.82) is 0 Å². The van der Waals surface area contributed by atoms with Gasteiger partial charge in [0, 0.05) is 23.9 Å². The zero-order valence-electron chi connectivity index (χ0n) is 16.0. The molecule has 0 bridgehead atoms. The number of hydrogen-bond acceptors (Lipinski definition) is 5. The molecule has 0 saturated carbocycles. The zero-order chi connectivity index (χ0) is 19.8. The van der Waals surface area contributed by atoms with E-state index in [1.807, 2.05) is 37.3 Å². The molecule has 1 amide bonds. The second kappa shape index (κ2) is 7.03. The molecule has 1 aliphatic heterocycles. The highest BCUT2D eigenvalue weighted by molar-refractivity contribution is 6.01. The summed E-state index contributed by atoms with van der Waals surface area (Å²) >= 11 is 0. The van der Waals surface area contributed by atoms with Gasteiger partial charge in [0.25, 0.3) is 5.91 Å². The van der Waals surface area contributed by atoms with Gasteiger partial charge in [-0.25, -0.2) is 4.79 Å². The molecule has 3 aromatic rings. The highest BCUT2D eigenvalue weighted by Crippen LogP contribution is 2.32. The number of amides is 1. The quantitative estimate of drug-likeness (QED) is 0.652. The smallest absolute Gasteiger partial charge is 0.328 e. The van der Waals surface area contributed by atoms with E-state index in [2.05, 4.69) is 0 Å². The van der Waals surface area contributed by atoms with Crippen molar-refractivity contribution in [1.82, 2.24) is 4.90 Å². The lowest BCUT2D eigenvalue weighted by Crippen LogP contribution is -2.49. The summed E-state index contributed by atoms with van der Waals surface area (Å²) in [7, 11) is 2.93. The summed E-state index contributed by atoms with van der Waals surface area (Å²) in [5.41, 5.74) is 3.40. The summed E-state index contributed by atoms with van der Waals surface area (Å²) in [5.74, 6) is 0.169. The van der Waals surface area contributed by atoms with Gasteiger partial charge in [0.15, 0.2) is 5.76 Å². The molecule has 0 saturated heterocycles. The van der Waals surface area contributed by atoms with E-state index in [-0.39, 0.29) is 11.7 Å². The Bertz CT molecular complexity index is 1070. The Labute approximate surface area is 162 Å². The first kappa shape index (κ1) is 18.1. The van der Waals surface area contributed by atoms with Crippen molar-refractivity contribution >= 4 is 22.8 Å². The molecule has 0 N–H and O–H groups in total. The fraction of sp³-hybridized carbons (Fsp3) is 0.273. The minimum atomic E-state index is -0.686. The maximum absolute atomic E-state index is 13.4. The van der Waals surface area contributed by atoms with Gasteiger partial charge in [-0.3, -0.25) is 4.79 Å². The summed E-state index contributed by atoms with van der Waals surface area (Å²) in [6.45, 7) is 2.16. The third-order valence-corrected chi connectivity index (χ3v) is 5.32. The normalized spacial score (nSPS) is 16.0. The summed E-state index contributed by atoms with van der Waals surface area (Å²) in [6, 6.07) is 12.5. The fourth-order valence-electron chi connectivity index (χ4n) is 3.74. The highest BCUT2D eigenvalue weighted by Gasteiger charge is 2.37. The number of ether oxygens (including phenoxy) is 2. The van der Waals surface area contributed by atoms with Gasteiger partial charge in [0.2, 0.25) is 0 Å². The van der Waals surface area contributed by atoms with E-state index in [1.165, 1.54) is 12.0 Å². The van der Waals surface area contributed by atoms with Crippen LogP contribution in [0.25, 0.3) is 11.0 Å². The van der Waals surface area contributed by atoms with Crippen molar-refractivity contribution in [2.75, 3.05) is 14.2 Å². The van der Waals surface area contributed by atoms with E-state index >= 15 is 0 Å². The molecule has 1 aliphatic rings. The van der Waals surface area contributed by atoms with Crippen LogP contribution in [0.2, 0.25) is 0 Å². The van der Waals surface area contributed by atoms with Gasteiger partial charge >= 0.3 is 5.97 Å². The molecule has 28 heavy (non-hydrogen) atoms. The van der Waals surface area contributed by atoms with Crippen LogP contribution in [-0.4, -0.2) is 37.0 Å². The van der Waals surface area contributed by atoms with Crippen LogP contribution in [0.3, 0.4) is 0 Å². The Morgan fingerprint density at radius 2 is 1.86 bits per heavy atom. The van der Waals surface area contributed by atoms with Crippen LogP contribution in [0.4, 0.5) is 0 Å². The van der Waals surface area contributed by atoms with Crippen LogP contribution in [0, 0.1) is 6.92 Å². The van der Waals surface area contributed by atoms with Gasteiger partial charge in [-0.15, -0.1) is 0 Å². The second-order valence-corrected chi connectivity index (χ2v) is 6.86. The summed E-state index contributed by atoms with van der Waals surface area (Å²) in [4.78, 5) is 27.3. The van der Waals surface area contributed by atoms with Gasteiger partial charge in [0.1, 0.15) is 17.4 Å². The highest BCUT2D eigenvalue weighted by atomic mass is 16.5. The molecular weight excluding hydrogens is 358 g/mol. The predicted octanol–water partition coefficient (Wildman–Crippen LogP) is 3.49. The van der Waals surface area contributed by atoms with Crippen molar-refractivity contribution < 1.29 is 23.5 Å². The van der Waals surface area contributed by atoms with Gasteiger partial charge in [-0.2, -0.15) is 0 Å². The molecular formula is C22H21NO5. The number of fused-ring (bicyclic) bond motifs is 2. The van der Waals surface area contributed by atoms with Crippen molar-refractivity contribution in [3.8, 4) is 5.75 Å². The molecule has 1 aromatic heterocycles. The lowest BCUT2D eigenvalue weighted by Gasteiger charge is -2.34. The van der Waals surface area contributed by atoms with Crippen molar-refractivity contribution in [3.63, 3.8) is 0 Å². The van der Waals surface area contributed by atoms with E-state index < -0.39 is 12.0 Å². The Morgan fingerprint density at radius 3 is 2.57 bits per heavy atom. The Balaban J connectivity index is 1.76. The summed E-state index contributed by atoms with van der Waals surface area (Å²) < 4.78 is 16.1. The maximum atomic E-state index is 13.4. The van der Waals surface area contributed by atoms with Crippen LogP contribution in [0.15, 0.2) is 46.9 Å². The topological polar surface area (TPSA) is 69.0 Å². The molecule has 6 nitrogen and oxygen atoms in total. The first-order chi connectivity index (χ1) is 13.5. The molecule has 6 heteroatoms. The van der Waals surface area contributed by atoms with Crippen LogP contribution in [0.5, 0.6) is 5.75 Å². The first-order valence-corrected chi connectivity index (χ1v) is 9.06. The number of carbonyl (C=O) groups is 2. The summed E-state index contributed by atoms with van der Waals surface area (Å²) in [5, 5.41) is 0.815. The Kier molecular flexibility index (Phi) is 4.55. The van der Waals surface area contributed by atoms with Gasteiger partial charge in [-0.05, 0) is 36.2 Å². The number of aryl methyl sites for hydroxylation is 1. The van der Waals surface area contributed by atoms with Crippen LogP contribution in [0.1, 0.15) is 27.2 Å². The van der Waals surface area contributed by atoms with Gasteiger partial charge in [0.05, 0.1) is 14.2 Å². The molecule has 144 valence electrons. The van der Waals surface area contributed by atoms with Gasteiger partial charge in [-0.1, -0.05) is 24.3 Å².